The Balaban J connectivity index is 1.38. The fourth-order valence-corrected chi connectivity index (χ4v) is 5.41. The second-order valence-electron chi connectivity index (χ2n) is 10.1. The highest BCUT2D eigenvalue weighted by Gasteiger charge is 2.36. The van der Waals surface area contributed by atoms with Crippen LogP contribution in [0.4, 0.5) is 0 Å². The molecule has 0 radical (unpaired) electrons. The number of aromatic nitrogens is 1. The van der Waals surface area contributed by atoms with Gasteiger partial charge in [-0.1, -0.05) is 55.7 Å². The summed E-state index contributed by atoms with van der Waals surface area (Å²) in [7, 11) is 0. The van der Waals surface area contributed by atoms with Gasteiger partial charge in [-0.3, -0.25) is 10.1 Å². The van der Waals surface area contributed by atoms with Crippen molar-refractivity contribution >= 4 is 27.8 Å². The minimum atomic E-state index is -0.785. The zero-order chi connectivity index (χ0) is 23.5. The van der Waals surface area contributed by atoms with Gasteiger partial charge in [-0.15, -0.1) is 0 Å². The predicted molar refractivity (Wildman–Crippen MR) is 138 cm³/mol. The van der Waals surface area contributed by atoms with Crippen LogP contribution in [-0.2, 0) is 17.8 Å². The van der Waals surface area contributed by atoms with Crippen molar-refractivity contribution < 1.29 is 9.21 Å². The van der Waals surface area contributed by atoms with Crippen LogP contribution in [0.5, 0.6) is 0 Å². The van der Waals surface area contributed by atoms with E-state index in [-0.39, 0.29) is 11.9 Å². The molecule has 0 bridgehead atoms. The lowest BCUT2D eigenvalue weighted by Gasteiger charge is -2.34. The molecule has 5 rings (SSSR count). The summed E-state index contributed by atoms with van der Waals surface area (Å²) in [4.78, 5) is 17.1. The molecule has 3 N–H and O–H groups in total. The Kier molecular flexibility index (Phi) is 6.46. The van der Waals surface area contributed by atoms with Gasteiger partial charge in [-0.25, -0.2) is 0 Å². The van der Waals surface area contributed by atoms with Crippen molar-refractivity contribution in [3.63, 3.8) is 0 Å². The zero-order valence-electron chi connectivity index (χ0n) is 20.2. The van der Waals surface area contributed by atoms with Crippen molar-refractivity contribution in [2.75, 3.05) is 0 Å². The van der Waals surface area contributed by atoms with Crippen LogP contribution in [0.1, 0.15) is 57.3 Å². The lowest BCUT2D eigenvalue weighted by Crippen LogP contribution is -2.58. The fourth-order valence-electron chi connectivity index (χ4n) is 5.41. The molecule has 4 aromatic rings. The topological polar surface area (TPSA) is 70.1 Å². The third-order valence-corrected chi connectivity index (χ3v) is 7.57. The Hall–Kier alpha value is -3.05. The van der Waals surface area contributed by atoms with E-state index in [1.54, 1.807) is 0 Å². The summed E-state index contributed by atoms with van der Waals surface area (Å²) < 4.78 is 6.02. The number of carbonyl (C=O) groups is 1. The molecule has 5 nitrogen and oxygen atoms in total. The predicted octanol–water partition coefficient (Wildman–Crippen LogP) is 6.09. The zero-order valence-corrected chi connectivity index (χ0v) is 20.2. The van der Waals surface area contributed by atoms with Crippen LogP contribution in [-0.4, -0.2) is 22.5 Å². The number of nitrogens with one attached hydrogen (secondary N) is 3. The van der Waals surface area contributed by atoms with Gasteiger partial charge in [0.2, 0.25) is 5.91 Å². The third kappa shape index (κ3) is 4.76. The molecule has 0 aliphatic heterocycles. The van der Waals surface area contributed by atoms with Crippen molar-refractivity contribution in [3.8, 4) is 0 Å². The van der Waals surface area contributed by atoms with Crippen molar-refractivity contribution in [2.24, 2.45) is 5.92 Å². The lowest BCUT2D eigenvalue weighted by molar-refractivity contribution is -0.128. The number of rotatable bonds is 8. The number of furan rings is 1. The monoisotopic (exact) mass is 457 g/mol. The average molecular weight is 458 g/mol. The van der Waals surface area contributed by atoms with Gasteiger partial charge < -0.3 is 14.7 Å². The van der Waals surface area contributed by atoms with Gasteiger partial charge in [-0.2, -0.15) is 0 Å². The molecule has 2 aromatic heterocycles. The van der Waals surface area contributed by atoms with Gasteiger partial charge in [0.05, 0.1) is 12.1 Å². The lowest BCUT2D eigenvalue weighted by atomic mass is 9.84. The molecular formula is C29H35N3O2. The number of benzene rings is 2. The standard InChI is InChI=1S/C29H35N3O2/c1-20(21-10-4-3-5-11-21)32-28(33)29(2,17-23-18-30-26-14-8-7-13-25(23)26)31-19-24-16-22-12-6-9-15-27(22)34-24/h6-9,12-16,18,20-21,30-31H,3-5,10-11,17,19H2,1-2H3,(H,32,33)/t20-,29+/m0/s1. The van der Waals surface area contributed by atoms with E-state index >= 15 is 0 Å². The first kappa shape index (κ1) is 22.7. The van der Waals surface area contributed by atoms with Gasteiger partial charge in [0.25, 0.3) is 0 Å². The van der Waals surface area contributed by atoms with Crippen LogP contribution >= 0.6 is 0 Å². The molecule has 1 saturated carbocycles. The smallest absolute Gasteiger partial charge is 0.240 e. The first-order chi connectivity index (χ1) is 16.5. The van der Waals surface area contributed by atoms with Crippen LogP contribution in [0.2, 0.25) is 0 Å². The number of carbonyl (C=O) groups excluding carboxylic acids is 1. The molecule has 2 aromatic carbocycles. The Morgan fingerprint density at radius 3 is 2.71 bits per heavy atom. The first-order valence-electron chi connectivity index (χ1n) is 12.6. The summed E-state index contributed by atoms with van der Waals surface area (Å²) >= 11 is 0. The molecule has 0 unspecified atom stereocenters. The highest BCUT2D eigenvalue weighted by Crippen LogP contribution is 2.28. The summed E-state index contributed by atoms with van der Waals surface area (Å²) in [6.45, 7) is 4.67. The highest BCUT2D eigenvalue weighted by atomic mass is 16.3. The van der Waals surface area contributed by atoms with Crippen LogP contribution in [0, 0.1) is 5.92 Å². The number of hydrogen-bond acceptors (Lipinski definition) is 3. The van der Waals surface area contributed by atoms with Crippen LogP contribution in [0.25, 0.3) is 21.9 Å². The van der Waals surface area contributed by atoms with Gasteiger partial charge in [0.15, 0.2) is 0 Å². The molecule has 2 heterocycles. The maximum atomic E-state index is 13.8. The van der Waals surface area contributed by atoms with Crippen molar-refractivity contribution in [3.05, 3.63) is 72.1 Å². The number of para-hydroxylation sites is 2. The number of aromatic amines is 1. The van der Waals surface area contributed by atoms with Crippen LogP contribution in [0.3, 0.4) is 0 Å². The number of hydrogen-bond donors (Lipinski definition) is 3. The molecule has 5 heteroatoms. The molecule has 1 aliphatic carbocycles. The Morgan fingerprint density at radius 2 is 1.88 bits per heavy atom. The minimum absolute atomic E-state index is 0.0481. The maximum absolute atomic E-state index is 13.8. The largest absolute Gasteiger partial charge is 0.460 e. The van der Waals surface area contributed by atoms with E-state index in [0.717, 1.165) is 33.2 Å². The summed E-state index contributed by atoms with van der Waals surface area (Å²) in [5, 5.41) is 9.17. The van der Waals surface area contributed by atoms with Gasteiger partial charge in [0.1, 0.15) is 11.3 Å². The summed E-state index contributed by atoms with van der Waals surface area (Å²) in [6.07, 6.45) is 8.86. The third-order valence-electron chi connectivity index (χ3n) is 7.57. The molecule has 178 valence electrons. The van der Waals surface area contributed by atoms with E-state index in [1.165, 1.54) is 32.1 Å². The van der Waals surface area contributed by atoms with E-state index in [0.29, 0.717) is 18.9 Å². The SMILES string of the molecule is C[C@H](NC(=O)[C@@](C)(Cc1c[nH]c2ccccc12)NCc1cc2ccccc2o1)C1CCCCC1. The summed E-state index contributed by atoms with van der Waals surface area (Å²) in [6, 6.07) is 18.5. The van der Waals surface area contributed by atoms with Gasteiger partial charge in [-0.05, 0) is 56.4 Å². The van der Waals surface area contributed by atoms with E-state index < -0.39 is 5.54 Å². The van der Waals surface area contributed by atoms with Crippen LogP contribution in [0.15, 0.2) is 65.2 Å². The normalized spacial score (nSPS) is 17.6. The van der Waals surface area contributed by atoms with Crippen LogP contribution < -0.4 is 10.6 Å². The Bertz CT molecular complexity index is 1230. The van der Waals surface area contributed by atoms with Crippen molar-refractivity contribution in [2.45, 2.75) is 70.5 Å². The number of fused-ring (bicyclic) bond motifs is 2. The minimum Gasteiger partial charge on any atom is -0.460 e. The maximum Gasteiger partial charge on any atom is 0.240 e. The molecule has 0 spiro atoms. The average Bonchev–Trinajstić information content (AvgIpc) is 3.47. The molecule has 34 heavy (non-hydrogen) atoms. The second-order valence-corrected chi connectivity index (χ2v) is 10.1. The van der Waals surface area contributed by atoms with Gasteiger partial charge >= 0.3 is 0 Å². The molecular weight excluding hydrogens is 422 g/mol. The van der Waals surface area contributed by atoms with Gasteiger partial charge in [0, 0.05) is 34.9 Å². The van der Waals surface area contributed by atoms with E-state index in [4.69, 9.17) is 4.42 Å². The highest BCUT2D eigenvalue weighted by molar-refractivity contribution is 5.89. The van der Waals surface area contributed by atoms with Crippen molar-refractivity contribution in [1.82, 2.24) is 15.6 Å². The molecule has 2 atom stereocenters. The van der Waals surface area contributed by atoms with E-state index in [2.05, 4.69) is 40.7 Å². The molecule has 1 amide bonds. The second kappa shape index (κ2) is 9.67. The molecule has 1 aliphatic rings. The van der Waals surface area contributed by atoms with Crippen molar-refractivity contribution in [1.29, 1.82) is 0 Å². The first-order valence-corrected chi connectivity index (χ1v) is 12.6. The Morgan fingerprint density at radius 1 is 1.12 bits per heavy atom. The number of H-pyrrole nitrogens is 1. The quantitative estimate of drug-likeness (QED) is 0.300. The molecule has 0 saturated heterocycles. The fraction of sp³-hybridized carbons (Fsp3) is 0.414. The molecule has 1 fully saturated rings. The summed E-state index contributed by atoms with van der Waals surface area (Å²) in [5.74, 6) is 1.44. The Labute approximate surface area is 201 Å². The van der Waals surface area contributed by atoms with E-state index in [1.807, 2.05) is 49.5 Å². The number of amides is 1. The summed E-state index contributed by atoms with van der Waals surface area (Å²) in [5.41, 5.74) is 2.31. The van der Waals surface area contributed by atoms with E-state index in [9.17, 15) is 4.79 Å².